The second-order valence-corrected chi connectivity index (χ2v) is 9.89. The van der Waals surface area contributed by atoms with Crippen molar-refractivity contribution in [1.82, 2.24) is 9.80 Å². The first-order valence-electron chi connectivity index (χ1n) is 11.6. The molecule has 1 aliphatic carbocycles. The van der Waals surface area contributed by atoms with E-state index in [-0.39, 0.29) is 36.0 Å². The third kappa shape index (κ3) is 4.94. The molecule has 2 amide bonds. The molecule has 35 heavy (non-hydrogen) atoms. The average Bonchev–Trinajstić information content (AvgIpc) is 3.00. The van der Waals surface area contributed by atoms with Crippen LogP contribution in [0.4, 0.5) is 23.7 Å². The summed E-state index contributed by atoms with van der Waals surface area (Å²) in [5.41, 5.74) is 3.05. The monoisotopic (exact) mass is 489 g/mol. The zero-order chi connectivity index (χ0) is 25.5. The van der Waals surface area contributed by atoms with E-state index in [0.29, 0.717) is 10.6 Å². The van der Waals surface area contributed by atoms with Gasteiger partial charge in [0.05, 0.1) is 13.1 Å². The van der Waals surface area contributed by atoms with E-state index in [1.165, 1.54) is 35.1 Å². The molecule has 1 saturated heterocycles. The largest absolute Gasteiger partial charge is 0.442 e. The number of fused-ring (bicyclic) bond motifs is 1. The molecule has 188 valence electrons. The maximum Gasteiger partial charge on any atom is 0.413 e. The van der Waals surface area contributed by atoms with Crippen LogP contribution in [0, 0.1) is 0 Å². The van der Waals surface area contributed by atoms with Crippen molar-refractivity contribution in [3.05, 3.63) is 65.2 Å². The minimum absolute atomic E-state index is 0.0598. The van der Waals surface area contributed by atoms with E-state index in [2.05, 4.69) is 31.3 Å². The second kappa shape index (κ2) is 9.09. The lowest BCUT2D eigenvalue weighted by Gasteiger charge is -2.39. The Balaban J connectivity index is 1.45. The Morgan fingerprint density at radius 2 is 1.74 bits per heavy atom. The molecule has 1 fully saturated rings. The lowest BCUT2D eigenvalue weighted by molar-refractivity contribution is -0.180. The molecule has 1 unspecified atom stereocenters. The van der Waals surface area contributed by atoms with Crippen LogP contribution >= 0.6 is 0 Å². The van der Waals surface area contributed by atoms with Gasteiger partial charge in [0.1, 0.15) is 6.10 Å². The van der Waals surface area contributed by atoms with Crippen LogP contribution in [0.2, 0.25) is 0 Å². The maximum atomic E-state index is 14.0. The average molecular weight is 490 g/mol. The number of hydrogen-bond acceptors (Lipinski definition) is 4. The number of ether oxygens (including phenoxy) is 1. The lowest BCUT2D eigenvalue weighted by Crippen LogP contribution is -2.56. The van der Waals surface area contributed by atoms with Gasteiger partial charge in [0.25, 0.3) is 0 Å². The number of amides is 2. The summed E-state index contributed by atoms with van der Waals surface area (Å²) in [5.74, 6) is -0.169. The second-order valence-electron chi connectivity index (χ2n) is 9.89. The van der Waals surface area contributed by atoms with Crippen molar-refractivity contribution >= 4 is 17.7 Å². The minimum Gasteiger partial charge on any atom is -0.442 e. The lowest BCUT2D eigenvalue weighted by atomic mass is 9.83. The molecular weight excluding hydrogens is 459 g/mol. The zero-order valence-corrected chi connectivity index (χ0v) is 20.2. The summed E-state index contributed by atoms with van der Waals surface area (Å²) in [7, 11) is 1.08. The molecule has 2 aromatic rings. The molecule has 1 aliphatic heterocycles. The highest BCUT2D eigenvalue weighted by molar-refractivity contribution is 5.74. The fourth-order valence-corrected chi connectivity index (χ4v) is 4.92. The SMILES string of the molecule is CC(=O)N1CC(OC(=O)N(C)[C@@H](c2ccc(NC3Cc4ccccc4C3(C)C)cc2)C(F)(F)F)C1. The van der Waals surface area contributed by atoms with Gasteiger partial charge in [0.15, 0.2) is 6.04 Å². The smallest absolute Gasteiger partial charge is 0.413 e. The first-order chi connectivity index (χ1) is 16.4. The Hall–Kier alpha value is -3.23. The Bertz CT molecular complexity index is 1100. The molecular formula is C26H30F3N3O3. The Kier molecular flexibility index (Phi) is 6.46. The normalized spacial score (nSPS) is 20.0. The number of anilines is 1. The van der Waals surface area contributed by atoms with Crippen molar-refractivity contribution < 1.29 is 27.5 Å². The van der Waals surface area contributed by atoms with Gasteiger partial charge in [-0.25, -0.2) is 4.79 Å². The van der Waals surface area contributed by atoms with Crippen LogP contribution in [0.3, 0.4) is 0 Å². The van der Waals surface area contributed by atoms with Gasteiger partial charge in [-0.1, -0.05) is 50.2 Å². The van der Waals surface area contributed by atoms with E-state index in [0.717, 1.165) is 13.5 Å². The molecule has 0 spiro atoms. The number of rotatable bonds is 5. The summed E-state index contributed by atoms with van der Waals surface area (Å²) in [6.07, 6.45) is -5.54. The number of halogens is 3. The molecule has 0 aromatic heterocycles. The van der Waals surface area contributed by atoms with Crippen molar-refractivity contribution in [2.24, 2.45) is 0 Å². The van der Waals surface area contributed by atoms with Crippen LogP contribution in [0.25, 0.3) is 0 Å². The number of nitrogens with zero attached hydrogens (tertiary/aromatic N) is 2. The van der Waals surface area contributed by atoms with Crippen LogP contribution in [0.1, 0.15) is 43.5 Å². The van der Waals surface area contributed by atoms with Gasteiger partial charge in [-0.2, -0.15) is 13.2 Å². The van der Waals surface area contributed by atoms with Crippen LogP contribution in [0.15, 0.2) is 48.5 Å². The van der Waals surface area contributed by atoms with Crippen LogP contribution in [-0.4, -0.2) is 60.3 Å². The van der Waals surface area contributed by atoms with Crippen molar-refractivity contribution in [2.75, 3.05) is 25.5 Å². The van der Waals surface area contributed by atoms with E-state index >= 15 is 0 Å². The van der Waals surface area contributed by atoms with E-state index in [1.54, 1.807) is 12.1 Å². The van der Waals surface area contributed by atoms with E-state index in [4.69, 9.17) is 4.74 Å². The molecule has 0 bridgehead atoms. The highest BCUT2D eigenvalue weighted by atomic mass is 19.4. The number of carbonyl (C=O) groups is 2. The van der Waals surface area contributed by atoms with Crippen LogP contribution < -0.4 is 5.32 Å². The molecule has 0 radical (unpaired) electrons. The van der Waals surface area contributed by atoms with Crippen molar-refractivity contribution in [3.8, 4) is 0 Å². The van der Waals surface area contributed by atoms with E-state index in [1.807, 2.05) is 12.1 Å². The highest BCUT2D eigenvalue weighted by Gasteiger charge is 2.47. The van der Waals surface area contributed by atoms with Crippen molar-refractivity contribution in [1.29, 1.82) is 0 Å². The fraction of sp³-hybridized carbons (Fsp3) is 0.462. The Morgan fingerprint density at radius 3 is 2.31 bits per heavy atom. The molecule has 0 saturated carbocycles. The summed E-state index contributed by atoms with van der Waals surface area (Å²) >= 11 is 0. The Labute approximate surface area is 203 Å². The van der Waals surface area contributed by atoms with Gasteiger partial charge < -0.3 is 15.0 Å². The van der Waals surface area contributed by atoms with Crippen molar-refractivity contribution in [2.45, 2.75) is 57.0 Å². The number of likely N-dealkylation sites (tertiary alicyclic amines) is 1. The summed E-state index contributed by atoms with van der Waals surface area (Å²) in [6, 6.07) is 12.2. The van der Waals surface area contributed by atoms with Gasteiger partial charge in [-0.05, 0) is 35.2 Å². The standard InChI is InChI=1S/C26H30F3N3O3/c1-16(33)32-14-20(15-32)35-24(34)31(4)23(26(27,28)29)17-9-11-19(12-10-17)30-22-13-18-7-5-6-8-21(18)25(22,2)3/h5-12,20,22-23,30H,13-15H2,1-4H3/t22?,23-/m0/s1. The predicted molar refractivity (Wildman–Crippen MR) is 126 cm³/mol. The number of nitrogens with one attached hydrogen (secondary N) is 1. The van der Waals surface area contributed by atoms with E-state index < -0.39 is 24.4 Å². The van der Waals surface area contributed by atoms with Gasteiger partial charge in [0, 0.05) is 31.1 Å². The maximum absolute atomic E-state index is 14.0. The van der Waals surface area contributed by atoms with Gasteiger partial charge >= 0.3 is 12.3 Å². The Morgan fingerprint density at radius 1 is 1.11 bits per heavy atom. The minimum atomic E-state index is -4.69. The molecule has 2 aliphatic rings. The zero-order valence-electron chi connectivity index (χ0n) is 20.2. The number of benzene rings is 2. The first kappa shape index (κ1) is 24.9. The van der Waals surface area contributed by atoms with Gasteiger partial charge in [0.2, 0.25) is 5.91 Å². The quantitative estimate of drug-likeness (QED) is 0.649. The first-order valence-corrected chi connectivity index (χ1v) is 11.6. The number of alkyl halides is 3. The topological polar surface area (TPSA) is 61.9 Å². The number of carbonyl (C=O) groups excluding carboxylic acids is 2. The van der Waals surface area contributed by atoms with E-state index in [9.17, 15) is 22.8 Å². The number of hydrogen-bond donors (Lipinski definition) is 1. The molecule has 2 atom stereocenters. The van der Waals surface area contributed by atoms with Gasteiger partial charge in [-0.15, -0.1) is 0 Å². The van der Waals surface area contributed by atoms with Crippen LogP contribution in [0.5, 0.6) is 0 Å². The predicted octanol–water partition coefficient (Wildman–Crippen LogP) is 4.90. The van der Waals surface area contributed by atoms with Crippen molar-refractivity contribution in [3.63, 3.8) is 0 Å². The summed E-state index contributed by atoms with van der Waals surface area (Å²) in [6.45, 7) is 6.07. The third-order valence-electron chi connectivity index (χ3n) is 7.12. The molecule has 2 aromatic carbocycles. The third-order valence-corrected chi connectivity index (χ3v) is 7.12. The van der Waals surface area contributed by atoms with Crippen LogP contribution in [-0.2, 0) is 21.4 Å². The molecule has 1 N–H and O–H groups in total. The summed E-state index contributed by atoms with van der Waals surface area (Å²) < 4.78 is 47.1. The molecule has 1 heterocycles. The molecule has 6 nitrogen and oxygen atoms in total. The molecule has 9 heteroatoms. The molecule has 4 rings (SSSR count). The van der Waals surface area contributed by atoms with Gasteiger partial charge in [-0.3, -0.25) is 9.69 Å². The summed E-state index contributed by atoms with van der Waals surface area (Å²) in [5, 5.41) is 3.47. The fourth-order valence-electron chi connectivity index (χ4n) is 4.92. The highest BCUT2D eigenvalue weighted by Crippen LogP contribution is 2.41. The summed E-state index contributed by atoms with van der Waals surface area (Å²) in [4.78, 5) is 25.7.